The fourth-order valence-electron chi connectivity index (χ4n) is 2.49. The Labute approximate surface area is 123 Å². The number of likely N-dealkylation sites (tertiary alicyclic amines) is 1. The third kappa shape index (κ3) is 2.94. The molecule has 2 N–H and O–H groups in total. The molecule has 1 aromatic carbocycles. The van der Waals surface area contributed by atoms with Crippen LogP contribution in [0.4, 0.5) is 5.69 Å². The molecule has 0 atom stereocenters. The number of carbonyl (C=O) groups is 1. The lowest BCUT2D eigenvalue weighted by Crippen LogP contribution is -2.42. The number of amides is 1. The average molecular weight is 325 g/mol. The van der Waals surface area contributed by atoms with Crippen molar-refractivity contribution in [2.45, 2.75) is 33.1 Å². The van der Waals surface area contributed by atoms with E-state index in [-0.39, 0.29) is 5.91 Å². The number of halogens is 1. The van der Waals surface area contributed by atoms with Gasteiger partial charge in [0, 0.05) is 18.8 Å². The van der Waals surface area contributed by atoms with Crippen molar-refractivity contribution in [3.05, 3.63) is 28.2 Å². The quantitative estimate of drug-likeness (QED) is 0.843. The highest BCUT2D eigenvalue weighted by Gasteiger charge is 2.31. The zero-order chi connectivity index (χ0) is 14.0. The maximum atomic E-state index is 12.5. The van der Waals surface area contributed by atoms with E-state index in [4.69, 9.17) is 5.73 Å². The minimum atomic E-state index is 0.0809. The number of benzene rings is 1. The third-order valence-electron chi connectivity index (χ3n) is 4.37. The Morgan fingerprint density at radius 1 is 1.42 bits per heavy atom. The molecule has 3 nitrogen and oxygen atoms in total. The molecule has 1 saturated heterocycles. The first-order valence-corrected chi connectivity index (χ1v) is 7.59. The SMILES string of the molecule is CCC1(C)CCN(C(=O)c2cccc(N)c2Br)CC1. The highest BCUT2D eigenvalue weighted by Crippen LogP contribution is 2.35. The number of hydrogen-bond donors (Lipinski definition) is 1. The lowest BCUT2D eigenvalue weighted by atomic mass is 9.78. The molecule has 1 aliphatic rings. The van der Waals surface area contributed by atoms with Crippen molar-refractivity contribution < 1.29 is 4.79 Å². The van der Waals surface area contributed by atoms with E-state index in [0.29, 0.717) is 21.1 Å². The van der Waals surface area contributed by atoms with Crippen LogP contribution in [0.15, 0.2) is 22.7 Å². The van der Waals surface area contributed by atoms with Crippen molar-refractivity contribution in [3.63, 3.8) is 0 Å². The van der Waals surface area contributed by atoms with Crippen LogP contribution >= 0.6 is 15.9 Å². The predicted octanol–water partition coefficient (Wildman–Crippen LogP) is 3.68. The molecule has 0 bridgehead atoms. The standard InChI is InChI=1S/C15H21BrN2O/c1-3-15(2)7-9-18(10-8-15)14(19)11-5-4-6-12(17)13(11)16/h4-6H,3,7-10,17H2,1-2H3. The Kier molecular flexibility index (Phi) is 4.19. The maximum absolute atomic E-state index is 12.5. The van der Waals surface area contributed by atoms with E-state index in [2.05, 4.69) is 29.8 Å². The molecule has 1 amide bonds. The first-order chi connectivity index (χ1) is 8.97. The number of hydrogen-bond acceptors (Lipinski definition) is 2. The number of nitrogens with zero attached hydrogens (tertiary/aromatic N) is 1. The van der Waals surface area contributed by atoms with Gasteiger partial charge in [-0.3, -0.25) is 4.79 Å². The molecular weight excluding hydrogens is 304 g/mol. The molecule has 0 radical (unpaired) electrons. The van der Waals surface area contributed by atoms with Gasteiger partial charge in [-0.1, -0.05) is 26.3 Å². The van der Waals surface area contributed by atoms with Gasteiger partial charge < -0.3 is 10.6 Å². The van der Waals surface area contributed by atoms with Gasteiger partial charge in [-0.25, -0.2) is 0 Å². The summed E-state index contributed by atoms with van der Waals surface area (Å²) < 4.78 is 0.712. The molecule has 0 unspecified atom stereocenters. The summed E-state index contributed by atoms with van der Waals surface area (Å²) in [7, 11) is 0. The molecule has 0 spiro atoms. The van der Waals surface area contributed by atoms with Crippen molar-refractivity contribution in [2.75, 3.05) is 18.8 Å². The van der Waals surface area contributed by atoms with Crippen LogP contribution in [0.5, 0.6) is 0 Å². The van der Waals surface area contributed by atoms with Gasteiger partial charge >= 0.3 is 0 Å². The molecular formula is C15H21BrN2O. The van der Waals surface area contributed by atoms with E-state index in [0.717, 1.165) is 25.9 Å². The van der Waals surface area contributed by atoms with Crippen molar-refractivity contribution in [3.8, 4) is 0 Å². The fraction of sp³-hybridized carbons (Fsp3) is 0.533. The Balaban J connectivity index is 2.12. The van der Waals surface area contributed by atoms with Crippen LogP contribution in [0.2, 0.25) is 0 Å². The third-order valence-corrected chi connectivity index (χ3v) is 5.26. The van der Waals surface area contributed by atoms with E-state index >= 15 is 0 Å². The van der Waals surface area contributed by atoms with E-state index in [1.165, 1.54) is 6.42 Å². The molecule has 0 saturated carbocycles. The number of anilines is 1. The number of piperidine rings is 1. The summed E-state index contributed by atoms with van der Waals surface area (Å²) in [6, 6.07) is 5.45. The number of nitrogens with two attached hydrogens (primary N) is 1. The van der Waals surface area contributed by atoms with Gasteiger partial charge in [0.1, 0.15) is 0 Å². The molecule has 0 aliphatic carbocycles. The van der Waals surface area contributed by atoms with E-state index in [9.17, 15) is 4.79 Å². The smallest absolute Gasteiger partial charge is 0.255 e. The van der Waals surface area contributed by atoms with Crippen LogP contribution in [0.25, 0.3) is 0 Å². The molecule has 1 aromatic rings. The number of nitrogen functional groups attached to an aromatic ring is 1. The summed E-state index contributed by atoms with van der Waals surface area (Å²) in [5, 5.41) is 0. The zero-order valence-corrected chi connectivity index (χ0v) is 13.2. The molecule has 2 rings (SSSR count). The monoisotopic (exact) mass is 324 g/mol. The molecule has 1 aliphatic heterocycles. The van der Waals surface area contributed by atoms with E-state index < -0.39 is 0 Å². The summed E-state index contributed by atoms with van der Waals surface area (Å²) in [5.41, 5.74) is 7.51. The van der Waals surface area contributed by atoms with Gasteiger partial charge in [0.25, 0.3) is 5.91 Å². The lowest BCUT2D eigenvalue weighted by Gasteiger charge is -2.39. The van der Waals surface area contributed by atoms with Crippen molar-refractivity contribution in [1.82, 2.24) is 4.90 Å². The van der Waals surface area contributed by atoms with Crippen LogP contribution in [-0.4, -0.2) is 23.9 Å². The van der Waals surface area contributed by atoms with Crippen LogP contribution in [-0.2, 0) is 0 Å². The fourth-order valence-corrected chi connectivity index (χ4v) is 2.92. The normalized spacial score (nSPS) is 18.4. The van der Waals surface area contributed by atoms with Gasteiger partial charge in [-0.2, -0.15) is 0 Å². The van der Waals surface area contributed by atoms with Gasteiger partial charge in [-0.05, 0) is 46.3 Å². The Morgan fingerprint density at radius 3 is 2.63 bits per heavy atom. The molecule has 104 valence electrons. The first-order valence-electron chi connectivity index (χ1n) is 6.80. The van der Waals surface area contributed by atoms with Crippen LogP contribution in [0.3, 0.4) is 0 Å². The highest BCUT2D eigenvalue weighted by atomic mass is 79.9. The molecule has 0 aromatic heterocycles. The van der Waals surface area contributed by atoms with Gasteiger partial charge in [-0.15, -0.1) is 0 Å². The van der Waals surface area contributed by atoms with Crippen molar-refractivity contribution in [2.24, 2.45) is 5.41 Å². The number of carbonyl (C=O) groups excluding carboxylic acids is 1. The molecule has 1 fully saturated rings. The summed E-state index contributed by atoms with van der Waals surface area (Å²) in [5.74, 6) is 0.0809. The molecule has 1 heterocycles. The van der Waals surface area contributed by atoms with E-state index in [1.54, 1.807) is 6.07 Å². The highest BCUT2D eigenvalue weighted by molar-refractivity contribution is 9.10. The summed E-state index contributed by atoms with van der Waals surface area (Å²) in [6.45, 7) is 6.21. The Bertz CT molecular complexity index is 479. The van der Waals surface area contributed by atoms with E-state index in [1.807, 2.05) is 17.0 Å². The second-order valence-electron chi connectivity index (χ2n) is 5.67. The largest absolute Gasteiger partial charge is 0.398 e. The summed E-state index contributed by atoms with van der Waals surface area (Å²) in [6.07, 6.45) is 3.33. The summed E-state index contributed by atoms with van der Waals surface area (Å²) >= 11 is 3.41. The average Bonchev–Trinajstić information content (AvgIpc) is 2.42. The summed E-state index contributed by atoms with van der Waals surface area (Å²) in [4.78, 5) is 14.5. The van der Waals surface area contributed by atoms with Crippen LogP contribution in [0, 0.1) is 5.41 Å². The topological polar surface area (TPSA) is 46.3 Å². The number of rotatable bonds is 2. The van der Waals surface area contributed by atoms with Gasteiger partial charge in [0.2, 0.25) is 0 Å². The second kappa shape index (κ2) is 5.53. The second-order valence-corrected chi connectivity index (χ2v) is 6.46. The molecule has 19 heavy (non-hydrogen) atoms. The minimum absolute atomic E-state index is 0.0809. The minimum Gasteiger partial charge on any atom is -0.398 e. The zero-order valence-electron chi connectivity index (χ0n) is 11.6. The predicted molar refractivity (Wildman–Crippen MR) is 82.1 cm³/mol. The van der Waals surface area contributed by atoms with Crippen LogP contribution in [0.1, 0.15) is 43.5 Å². The Morgan fingerprint density at radius 2 is 2.05 bits per heavy atom. The van der Waals surface area contributed by atoms with Crippen molar-refractivity contribution in [1.29, 1.82) is 0 Å². The lowest BCUT2D eigenvalue weighted by molar-refractivity contribution is 0.0599. The van der Waals surface area contributed by atoms with Gasteiger partial charge in [0.15, 0.2) is 0 Å². The Hall–Kier alpha value is -1.03. The molecule has 4 heteroatoms. The van der Waals surface area contributed by atoms with Crippen molar-refractivity contribution >= 4 is 27.5 Å². The maximum Gasteiger partial charge on any atom is 0.255 e. The van der Waals surface area contributed by atoms with Crippen LogP contribution < -0.4 is 5.73 Å². The first kappa shape index (κ1) is 14.4. The van der Waals surface area contributed by atoms with Gasteiger partial charge in [0.05, 0.1) is 10.0 Å².